The summed E-state index contributed by atoms with van der Waals surface area (Å²) in [7, 11) is 0. The molecule has 27 heavy (non-hydrogen) atoms. The molecule has 5 rings (SSSR count). The Labute approximate surface area is 158 Å². The Balaban J connectivity index is 1.55. The van der Waals surface area contributed by atoms with Gasteiger partial charge in [0.05, 0.1) is 17.6 Å². The molecule has 0 spiro atoms. The molecule has 0 saturated heterocycles. The number of imidazole rings is 1. The summed E-state index contributed by atoms with van der Waals surface area (Å²) in [5.41, 5.74) is 7.85. The zero-order chi connectivity index (χ0) is 18.1. The third kappa shape index (κ3) is 3.04. The van der Waals surface area contributed by atoms with E-state index in [2.05, 4.69) is 62.0 Å². The van der Waals surface area contributed by atoms with Crippen LogP contribution in [0.2, 0.25) is 0 Å². The number of rotatable bonds is 3. The molecule has 0 aromatic carbocycles. The Morgan fingerprint density at radius 3 is 2.70 bits per heavy atom. The first-order valence-corrected chi connectivity index (χ1v) is 9.42. The molecule has 0 saturated carbocycles. The van der Waals surface area contributed by atoms with E-state index in [1.165, 1.54) is 18.4 Å². The largest absolute Gasteiger partial charge is 0.300 e. The molecule has 0 atom stereocenters. The fourth-order valence-corrected chi connectivity index (χ4v) is 3.74. The van der Waals surface area contributed by atoms with Crippen LogP contribution in [0.5, 0.6) is 0 Å². The van der Waals surface area contributed by atoms with E-state index >= 15 is 0 Å². The van der Waals surface area contributed by atoms with Crippen molar-refractivity contribution in [2.24, 2.45) is 0 Å². The molecule has 4 aromatic rings. The van der Waals surface area contributed by atoms with Gasteiger partial charge >= 0.3 is 0 Å². The van der Waals surface area contributed by atoms with Gasteiger partial charge < -0.3 is 0 Å². The second-order valence-corrected chi connectivity index (χ2v) is 6.93. The van der Waals surface area contributed by atoms with E-state index in [0.29, 0.717) is 0 Å². The lowest BCUT2D eigenvalue weighted by Crippen LogP contribution is -1.96. The smallest absolute Gasteiger partial charge is 0.137 e. The molecular formula is C23H20N4. The van der Waals surface area contributed by atoms with Crippen molar-refractivity contribution in [1.29, 1.82) is 0 Å². The Hall–Kier alpha value is -3.27. The zero-order valence-electron chi connectivity index (χ0n) is 15.0. The van der Waals surface area contributed by atoms with Crippen LogP contribution in [0.3, 0.4) is 0 Å². The van der Waals surface area contributed by atoms with Crippen LogP contribution < -0.4 is 0 Å². The number of allylic oxidation sites excluding steroid dienone is 2. The summed E-state index contributed by atoms with van der Waals surface area (Å²) < 4.78 is 2.13. The standard InChI is InChI=1S/C23H20N4/c1-2-5-17(6-3-1)21-13-19(8-11-25-21)22-16-26-23-14-18(9-12-27(22)23)20-7-4-10-24-15-20/h4-5,7-16H,1-3,6H2. The van der Waals surface area contributed by atoms with Gasteiger partial charge in [-0.25, -0.2) is 4.98 Å². The summed E-state index contributed by atoms with van der Waals surface area (Å²) in [6.45, 7) is 0. The van der Waals surface area contributed by atoms with E-state index in [9.17, 15) is 0 Å². The SMILES string of the molecule is C1=C(c2cc(-c3cnc4cc(-c5cccnc5)ccn34)ccn2)CCCC1. The minimum Gasteiger partial charge on any atom is -0.300 e. The molecule has 0 amide bonds. The minimum absolute atomic E-state index is 0.932. The maximum Gasteiger partial charge on any atom is 0.137 e. The van der Waals surface area contributed by atoms with Gasteiger partial charge in [0.2, 0.25) is 0 Å². The van der Waals surface area contributed by atoms with Crippen LogP contribution in [0.1, 0.15) is 31.4 Å². The van der Waals surface area contributed by atoms with Gasteiger partial charge in [0.25, 0.3) is 0 Å². The lowest BCUT2D eigenvalue weighted by Gasteiger charge is -2.13. The van der Waals surface area contributed by atoms with Crippen LogP contribution in [0.25, 0.3) is 33.6 Å². The van der Waals surface area contributed by atoms with Crippen molar-refractivity contribution in [2.75, 3.05) is 0 Å². The average Bonchev–Trinajstić information content (AvgIpc) is 3.18. The molecule has 4 nitrogen and oxygen atoms in total. The molecular weight excluding hydrogens is 332 g/mol. The number of hydrogen-bond acceptors (Lipinski definition) is 3. The average molecular weight is 352 g/mol. The van der Waals surface area contributed by atoms with E-state index in [0.717, 1.165) is 46.6 Å². The maximum atomic E-state index is 4.63. The highest BCUT2D eigenvalue weighted by Crippen LogP contribution is 2.29. The van der Waals surface area contributed by atoms with E-state index in [4.69, 9.17) is 0 Å². The summed E-state index contributed by atoms with van der Waals surface area (Å²) >= 11 is 0. The second-order valence-electron chi connectivity index (χ2n) is 6.93. The van der Waals surface area contributed by atoms with Gasteiger partial charge in [-0.05, 0) is 67.2 Å². The fraction of sp³-hybridized carbons (Fsp3) is 0.174. The summed E-state index contributed by atoms with van der Waals surface area (Å²) in [6.07, 6.45) is 16.8. The topological polar surface area (TPSA) is 43.1 Å². The van der Waals surface area contributed by atoms with Crippen molar-refractivity contribution < 1.29 is 0 Å². The summed E-state index contributed by atoms with van der Waals surface area (Å²) in [4.78, 5) is 13.4. The second kappa shape index (κ2) is 6.80. The van der Waals surface area contributed by atoms with Gasteiger partial charge in [0.1, 0.15) is 5.65 Å². The number of aromatic nitrogens is 4. The van der Waals surface area contributed by atoms with E-state index < -0.39 is 0 Å². The van der Waals surface area contributed by atoms with Gasteiger partial charge in [-0.2, -0.15) is 0 Å². The van der Waals surface area contributed by atoms with Crippen LogP contribution in [-0.2, 0) is 0 Å². The van der Waals surface area contributed by atoms with Crippen LogP contribution in [0, 0.1) is 0 Å². The van der Waals surface area contributed by atoms with Crippen molar-refractivity contribution in [3.05, 3.63) is 79.2 Å². The molecule has 0 bridgehead atoms. The Morgan fingerprint density at radius 2 is 1.85 bits per heavy atom. The number of nitrogens with zero attached hydrogens (tertiary/aromatic N) is 4. The highest BCUT2D eigenvalue weighted by Gasteiger charge is 2.11. The first kappa shape index (κ1) is 15.9. The van der Waals surface area contributed by atoms with Crippen LogP contribution in [0.4, 0.5) is 0 Å². The number of pyridine rings is 3. The third-order valence-electron chi connectivity index (χ3n) is 5.18. The molecule has 132 valence electrons. The Morgan fingerprint density at radius 1 is 0.852 bits per heavy atom. The summed E-state index contributed by atoms with van der Waals surface area (Å²) in [5, 5.41) is 0. The summed E-state index contributed by atoms with van der Waals surface area (Å²) in [5.74, 6) is 0. The molecule has 0 N–H and O–H groups in total. The van der Waals surface area contributed by atoms with E-state index in [1.54, 1.807) is 6.20 Å². The zero-order valence-corrected chi connectivity index (χ0v) is 15.0. The number of fused-ring (bicyclic) bond motifs is 1. The highest BCUT2D eigenvalue weighted by atomic mass is 15.0. The Bertz CT molecular complexity index is 1130. The molecule has 0 unspecified atom stereocenters. The van der Waals surface area contributed by atoms with E-state index in [1.807, 2.05) is 24.7 Å². The van der Waals surface area contributed by atoms with Crippen molar-refractivity contribution in [2.45, 2.75) is 25.7 Å². The first-order valence-electron chi connectivity index (χ1n) is 9.42. The third-order valence-corrected chi connectivity index (χ3v) is 5.18. The molecule has 1 aliphatic carbocycles. The molecule has 1 aliphatic rings. The van der Waals surface area contributed by atoms with Crippen LogP contribution in [-0.4, -0.2) is 19.4 Å². The lowest BCUT2D eigenvalue weighted by atomic mass is 9.96. The maximum absolute atomic E-state index is 4.63. The van der Waals surface area contributed by atoms with Crippen molar-refractivity contribution in [3.63, 3.8) is 0 Å². The van der Waals surface area contributed by atoms with Crippen molar-refractivity contribution in [3.8, 4) is 22.4 Å². The van der Waals surface area contributed by atoms with Gasteiger partial charge in [-0.3, -0.25) is 14.4 Å². The Kier molecular flexibility index (Phi) is 4.02. The first-order chi connectivity index (χ1) is 13.4. The quantitative estimate of drug-likeness (QED) is 0.495. The number of hydrogen-bond donors (Lipinski definition) is 0. The lowest BCUT2D eigenvalue weighted by molar-refractivity contribution is 0.740. The highest BCUT2D eigenvalue weighted by molar-refractivity contribution is 5.73. The fourth-order valence-electron chi connectivity index (χ4n) is 3.74. The van der Waals surface area contributed by atoms with Gasteiger partial charge in [0.15, 0.2) is 0 Å². The van der Waals surface area contributed by atoms with Crippen molar-refractivity contribution in [1.82, 2.24) is 19.4 Å². The van der Waals surface area contributed by atoms with Crippen LogP contribution in [0.15, 0.2) is 73.5 Å². The molecule has 4 aromatic heterocycles. The van der Waals surface area contributed by atoms with Gasteiger partial charge in [-0.15, -0.1) is 0 Å². The van der Waals surface area contributed by atoms with Gasteiger partial charge in [0, 0.05) is 35.9 Å². The molecule has 0 radical (unpaired) electrons. The van der Waals surface area contributed by atoms with E-state index in [-0.39, 0.29) is 0 Å². The normalized spacial score (nSPS) is 14.3. The monoisotopic (exact) mass is 352 g/mol. The van der Waals surface area contributed by atoms with Crippen molar-refractivity contribution >= 4 is 11.2 Å². The molecule has 4 heterocycles. The van der Waals surface area contributed by atoms with Crippen LogP contribution >= 0.6 is 0 Å². The predicted molar refractivity (Wildman–Crippen MR) is 108 cm³/mol. The molecule has 0 fully saturated rings. The molecule has 0 aliphatic heterocycles. The predicted octanol–water partition coefficient (Wildman–Crippen LogP) is 5.42. The summed E-state index contributed by atoms with van der Waals surface area (Å²) in [6, 6.07) is 12.5. The molecule has 4 heteroatoms. The minimum atomic E-state index is 0.932. The van der Waals surface area contributed by atoms with Gasteiger partial charge in [-0.1, -0.05) is 12.1 Å².